The molecule has 1 atom stereocenters. The molecule has 2 aromatic carbocycles. The molecule has 5 nitrogen and oxygen atoms in total. The Morgan fingerprint density at radius 2 is 2.04 bits per heavy atom. The SMILES string of the molecule is COc1ccc([C@@H]2CC(=O)Nc3c2ncn3-c2cccc(Cl)c2)cc1. The zero-order valence-electron chi connectivity index (χ0n) is 13.6. The van der Waals surface area contributed by atoms with Crippen molar-refractivity contribution < 1.29 is 9.53 Å². The van der Waals surface area contributed by atoms with E-state index >= 15 is 0 Å². The number of nitrogens with zero attached hydrogens (tertiary/aromatic N) is 2. The van der Waals surface area contributed by atoms with Gasteiger partial charge in [-0.1, -0.05) is 29.8 Å². The molecule has 0 spiro atoms. The standard InChI is InChI=1S/C19H16ClN3O2/c1-25-15-7-5-12(6-8-15)16-10-17(24)22-19-18(16)21-11-23(19)14-4-2-3-13(20)9-14/h2-9,11,16H,10H2,1H3,(H,22,24)/t16-/m0/s1. The fourth-order valence-corrected chi connectivity index (χ4v) is 3.32. The molecule has 0 unspecified atom stereocenters. The maximum Gasteiger partial charge on any atom is 0.226 e. The van der Waals surface area contributed by atoms with E-state index in [1.165, 1.54) is 0 Å². The maximum absolute atomic E-state index is 12.3. The first-order valence-corrected chi connectivity index (χ1v) is 8.30. The smallest absolute Gasteiger partial charge is 0.226 e. The molecule has 4 rings (SSSR count). The summed E-state index contributed by atoms with van der Waals surface area (Å²) in [5.74, 6) is 1.36. The van der Waals surface area contributed by atoms with Crippen LogP contribution in [0.1, 0.15) is 23.6 Å². The van der Waals surface area contributed by atoms with Gasteiger partial charge >= 0.3 is 0 Å². The van der Waals surface area contributed by atoms with Crippen molar-refractivity contribution in [3.05, 3.63) is 71.1 Å². The van der Waals surface area contributed by atoms with Crippen LogP contribution in [0.15, 0.2) is 54.9 Å². The van der Waals surface area contributed by atoms with Gasteiger partial charge in [0.05, 0.1) is 12.8 Å². The van der Waals surface area contributed by atoms with E-state index in [0.717, 1.165) is 22.7 Å². The van der Waals surface area contributed by atoms with Crippen LogP contribution in [0.2, 0.25) is 5.02 Å². The predicted molar refractivity (Wildman–Crippen MR) is 96.7 cm³/mol. The van der Waals surface area contributed by atoms with Crippen LogP contribution >= 0.6 is 11.6 Å². The second kappa shape index (κ2) is 6.26. The summed E-state index contributed by atoms with van der Waals surface area (Å²) < 4.78 is 7.06. The highest BCUT2D eigenvalue weighted by atomic mass is 35.5. The summed E-state index contributed by atoms with van der Waals surface area (Å²) >= 11 is 6.09. The van der Waals surface area contributed by atoms with E-state index in [0.29, 0.717) is 17.3 Å². The highest BCUT2D eigenvalue weighted by Crippen LogP contribution is 2.37. The quantitative estimate of drug-likeness (QED) is 0.774. The van der Waals surface area contributed by atoms with Gasteiger partial charge in [0.25, 0.3) is 0 Å². The average molecular weight is 354 g/mol. The lowest BCUT2D eigenvalue weighted by molar-refractivity contribution is -0.116. The van der Waals surface area contributed by atoms with Gasteiger partial charge in [-0.15, -0.1) is 0 Å². The van der Waals surface area contributed by atoms with Crippen molar-refractivity contribution in [1.29, 1.82) is 0 Å². The van der Waals surface area contributed by atoms with E-state index in [1.54, 1.807) is 13.4 Å². The molecule has 0 radical (unpaired) electrons. The lowest BCUT2D eigenvalue weighted by Gasteiger charge is -2.23. The van der Waals surface area contributed by atoms with Gasteiger partial charge in [-0.2, -0.15) is 0 Å². The monoisotopic (exact) mass is 353 g/mol. The highest BCUT2D eigenvalue weighted by molar-refractivity contribution is 6.30. The molecule has 6 heteroatoms. The Kier molecular flexibility index (Phi) is 3.93. The number of benzene rings is 2. The molecule has 1 amide bonds. The fourth-order valence-electron chi connectivity index (χ4n) is 3.14. The average Bonchev–Trinajstić information content (AvgIpc) is 3.05. The molecule has 2 heterocycles. The molecular weight excluding hydrogens is 338 g/mol. The van der Waals surface area contributed by atoms with Crippen LogP contribution in [0.4, 0.5) is 5.82 Å². The van der Waals surface area contributed by atoms with Crippen LogP contribution in [0, 0.1) is 0 Å². The second-order valence-corrected chi connectivity index (χ2v) is 6.34. The molecule has 1 aliphatic heterocycles. The molecule has 0 aliphatic carbocycles. The molecule has 0 saturated carbocycles. The number of aromatic nitrogens is 2. The fraction of sp³-hybridized carbons (Fsp3) is 0.158. The largest absolute Gasteiger partial charge is 0.497 e. The Morgan fingerprint density at radius 1 is 1.24 bits per heavy atom. The Morgan fingerprint density at radius 3 is 2.76 bits per heavy atom. The van der Waals surface area contributed by atoms with E-state index in [1.807, 2.05) is 53.1 Å². The summed E-state index contributed by atoms with van der Waals surface area (Å²) in [4.78, 5) is 16.8. The number of ether oxygens (including phenoxy) is 1. The number of fused-ring (bicyclic) bond motifs is 1. The minimum absolute atomic E-state index is 0.0305. The van der Waals surface area contributed by atoms with Gasteiger partial charge in [-0.25, -0.2) is 4.98 Å². The predicted octanol–water partition coefficient (Wildman–Crippen LogP) is 4.01. The van der Waals surface area contributed by atoms with Crippen LogP contribution < -0.4 is 10.1 Å². The van der Waals surface area contributed by atoms with Crippen molar-refractivity contribution in [2.45, 2.75) is 12.3 Å². The first-order valence-electron chi connectivity index (χ1n) is 7.92. The number of carbonyl (C=O) groups excluding carboxylic acids is 1. The van der Waals surface area contributed by atoms with Crippen molar-refractivity contribution in [3.63, 3.8) is 0 Å². The molecule has 1 aliphatic rings. The molecule has 0 bridgehead atoms. The van der Waals surface area contributed by atoms with E-state index in [2.05, 4.69) is 10.3 Å². The zero-order chi connectivity index (χ0) is 17.4. The zero-order valence-corrected chi connectivity index (χ0v) is 14.3. The lowest BCUT2D eigenvalue weighted by Crippen LogP contribution is -2.24. The number of carbonyl (C=O) groups is 1. The third kappa shape index (κ3) is 2.87. The molecule has 3 aromatic rings. The number of anilines is 1. The van der Waals surface area contributed by atoms with Crippen LogP contribution in [0.25, 0.3) is 5.69 Å². The summed E-state index contributed by atoms with van der Waals surface area (Å²) in [6, 6.07) is 15.2. The molecule has 126 valence electrons. The van der Waals surface area contributed by atoms with E-state index in [9.17, 15) is 4.79 Å². The molecular formula is C19H16ClN3O2. The van der Waals surface area contributed by atoms with Gasteiger partial charge < -0.3 is 10.1 Å². The summed E-state index contributed by atoms with van der Waals surface area (Å²) in [6.45, 7) is 0. The van der Waals surface area contributed by atoms with Crippen molar-refractivity contribution in [2.75, 3.05) is 12.4 Å². The number of imidazole rings is 1. The number of rotatable bonds is 3. The van der Waals surface area contributed by atoms with Crippen molar-refractivity contribution >= 4 is 23.3 Å². The molecule has 0 fully saturated rings. The number of methoxy groups -OCH3 is 1. The summed E-state index contributed by atoms with van der Waals surface area (Å²) in [5, 5.41) is 3.58. The van der Waals surface area contributed by atoms with Crippen LogP contribution in [0.5, 0.6) is 5.75 Å². The van der Waals surface area contributed by atoms with Gasteiger partial charge in [0.15, 0.2) is 0 Å². The molecule has 25 heavy (non-hydrogen) atoms. The lowest BCUT2D eigenvalue weighted by atomic mass is 9.90. The number of nitrogens with one attached hydrogen (secondary N) is 1. The summed E-state index contributed by atoms with van der Waals surface area (Å²) in [5.41, 5.74) is 2.75. The van der Waals surface area contributed by atoms with E-state index in [-0.39, 0.29) is 11.8 Å². The third-order valence-corrected chi connectivity index (χ3v) is 4.61. The van der Waals surface area contributed by atoms with E-state index < -0.39 is 0 Å². The van der Waals surface area contributed by atoms with Gasteiger partial charge in [0.1, 0.15) is 17.9 Å². The Labute approximate surface area is 150 Å². The van der Waals surface area contributed by atoms with Crippen LogP contribution in [-0.2, 0) is 4.79 Å². The molecule has 0 saturated heterocycles. The maximum atomic E-state index is 12.3. The number of hydrogen-bond acceptors (Lipinski definition) is 3. The van der Waals surface area contributed by atoms with E-state index in [4.69, 9.17) is 16.3 Å². The normalized spacial score (nSPS) is 16.2. The minimum Gasteiger partial charge on any atom is -0.497 e. The van der Waals surface area contributed by atoms with Gasteiger partial charge in [-0.05, 0) is 35.9 Å². The Bertz CT molecular complexity index is 934. The van der Waals surface area contributed by atoms with Gasteiger partial charge in [0.2, 0.25) is 5.91 Å². The number of halogens is 1. The Hall–Kier alpha value is -2.79. The number of amides is 1. The minimum atomic E-state index is -0.0879. The Balaban J connectivity index is 1.78. The van der Waals surface area contributed by atoms with Crippen LogP contribution in [0.3, 0.4) is 0 Å². The topological polar surface area (TPSA) is 56.1 Å². The van der Waals surface area contributed by atoms with Gasteiger partial charge in [0, 0.05) is 23.0 Å². The second-order valence-electron chi connectivity index (χ2n) is 5.91. The van der Waals surface area contributed by atoms with Crippen LogP contribution in [-0.4, -0.2) is 22.6 Å². The molecule has 1 N–H and O–H groups in total. The van der Waals surface area contributed by atoms with Gasteiger partial charge in [-0.3, -0.25) is 9.36 Å². The summed E-state index contributed by atoms with van der Waals surface area (Å²) in [6.07, 6.45) is 2.09. The number of hydrogen-bond donors (Lipinski definition) is 1. The molecule has 1 aromatic heterocycles. The highest BCUT2D eigenvalue weighted by Gasteiger charge is 2.31. The first kappa shape index (κ1) is 15.7. The first-order chi connectivity index (χ1) is 12.2. The van der Waals surface area contributed by atoms with Crippen molar-refractivity contribution in [2.24, 2.45) is 0 Å². The third-order valence-electron chi connectivity index (χ3n) is 4.38. The van der Waals surface area contributed by atoms with Crippen molar-refractivity contribution in [3.8, 4) is 11.4 Å². The van der Waals surface area contributed by atoms with Crippen molar-refractivity contribution in [1.82, 2.24) is 9.55 Å². The summed E-state index contributed by atoms with van der Waals surface area (Å²) in [7, 11) is 1.63.